The molecule has 5 rings (SSSR count). The monoisotopic (exact) mass is 558 g/mol. The minimum absolute atomic E-state index is 0.200. The first-order valence-corrected chi connectivity index (χ1v) is 14.4. The van der Waals surface area contributed by atoms with E-state index in [0.717, 1.165) is 47.2 Å². The number of carboxylic acid groups (broad SMARTS) is 1. The van der Waals surface area contributed by atoms with Crippen LogP contribution in [-0.2, 0) is 16.0 Å². The largest absolute Gasteiger partial charge is 0.481 e. The fourth-order valence-corrected chi connectivity index (χ4v) is 6.86. The predicted octanol–water partition coefficient (Wildman–Crippen LogP) is 5.86. The van der Waals surface area contributed by atoms with E-state index >= 15 is 0 Å². The van der Waals surface area contributed by atoms with E-state index in [1.165, 1.54) is 29.9 Å². The molecule has 10 heteroatoms. The van der Waals surface area contributed by atoms with Gasteiger partial charge in [0.25, 0.3) is 0 Å². The van der Waals surface area contributed by atoms with Gasteiger partial charge in [-0.15, -0.1) is 0 Å². The molecule has 2 atom stereocenters. The van der Waals surface area contributed by atoms with Gasteiger partial charge in [0.15, 0.2) is 5.13 Å². The number of nitrogens with zero attached hydrogens (tertiary/aromatic N) is 2. The number of benzene rings is 2. The van der Waals surface area contributed by atoms with Crippen LogP contribution in [0.2, 0.25) is 5.02 Å². The van der Waals surface area contributed by atoms with Gasteiger partial charge in [0.05, 0.1) is 22.7 Å². The number of hydrogen-bond acceptors (Lipinski definition) is 6. The third-order valence-corrected chi connectivity index (χ3v) is 8.68. The zero-order valence-corrected chi connectivity index (χ0v) is 22.7. The number of carboxylic acids is 1. The number of halogens is 2. The summed E-state index contributed by atoms with van der Waals surface area (Å²) in [5.74, 6) is -1.06. The second kappa shape index (κ2) is 11.9. The van der Waals surface area contributed by atoms with Crippen LogP contribution in [0.3, 0.4) is 0 Å². The van der Waals surface area contributed by atoms with Crippen LogP contribution in [0.15, 0.2) is 36.4 Å². The van der Waals surface area contributed by atoms with E-state index in [-0.39, 0.29) is 18.1 Å². The molecular formula is C28H32ClFN4O3S. The van der Waals surface area contributed by atoms with Gasteiger partial charge in [-0.25, -0.2) is 9.37 Å². The van der Waals surface area contributed by atoms with E-state index in [1.807, 2.05) is 17.0 Å². The first-order chi connectivity index (χ1) is 18.3. The predicted molar refractivity (Wildman–Crippen MR) is 150 cm³/mol. The van der Waals surface area contributed by atoms with Gasteiger partial charge < -0.3 is 20.6 Å². The molecule has 1 aliphatic heterocycles. The van der Waals surface area contributed by atoms with Gasteiger partial charge in [-0.3, -0.25) is 9.59 Å². The van der Waals surface area contributed by atoms with Crippen LogP contribution in [-0.4, -0.2) is 47.1 Å². The third kappa shape index (κ3) is 6.56. The molecule has 1 amide bonds. The Morgan fingerprint density at radius 3 is 2.79 bits per heavy atom. The van der Waals surface area contributed by atoms with Gasteiger partial charge in [-0.2, -0.15) is 0 Å². The van der Waals surface area contributed by atoms with Gasteiger partial charge in [-0.05, 0) is 60.7 Å². The highest BCUT2D eigenvalue weighted by atomic mass is 35.5. The van der Waals surface area contributed by atoms with Crippen molar-refractivity contribution >= 4 is 55.8 Å². The summed E-state index contributed by atoms with van der Waals surface area (Å²) in [6.07, 6.45) is 6.87. The average molecular weight is 559 g/mol. The molecule has 2 heterocycles. The number of carbonyl (C=O) groups excluding carboxylic acids is 1. The molecule has 7 nitrogen and oxygen atoms in total. The minimum Gasteiger partial charge on any atom is -0.481 e. The lowest BCUT2D eigenvalue weighted by molar-refractivity contribution is -0.137. The second-order valence-electron chi connectivity index (χ2n) is 10.3. The fourth-order valence-electron chi connectivity index (χ4n) is 5.67. The van der Waals surface area contributed by atoms with Crippen molar-refractivity contribution < 1.29 is 19.1 Å². The van der Waals surface area contributed by atoms with Crippen molar-refractivity contribution in [3.8, 4) is 0 Å². The first kappa shape index (κ1) is 26.7. The lowest BCUT2D eigenvalue weighted by Gasteiger charge is -2.30. The maximum absolute atomic E-state index is 13.7. The number of anilines is 2. The van der Waals surface area contributed by atoms with E-state index < -0.39 is 18.1 Å². The van der Waals surface area contributed by atoms with Crippen molar-refractivity contribution in [2.24, 2.45) is 5.92 Å². The maximum atomic E-state index is 13.7. The van der Waals surface area contributed by atoms with Crippen LogP contribution in [0, 0.1) is 11.7 Å². The number of amides is 1. The molecule has 0 spiro atoms. The van der Waals surface area contributed by atoms with E-state index in [2.05, 4.69) is 15.6 Å². The topological polar surface area (TPSA) is 94.6 Å². The Kier molecular flexibility index (Phi) is 8.33. The summed E-state index contributed by atoms with van der Waals surface area (Å²) in [7, 11) is 0. The molecule has 1 unspecified atom stereocenters. The molecule has 2 aromatic carbocycles. The zero-order valence-electron chi connectivity index (χ0n) is 21.1. The lowest BCUT2D eigenvalue weighted by atomic mass is 9.84. The van der Waals surface area contributed by atoms with Crippen molar-refractivity contribution in [2.75, 3.05) is 23.3 Å². The Hall–Kier alpha value is -2.91. The van der Waals surface area contributed by atoms with Crippen molar-refractivity contribution in [2.45, 2.75) is 63.5 Å². The van der Waals surface area contributed by atoms with Crippen LogP contribution >= 0.6 is 22.9 Å². The number of aliphatic carboxylic acids is 1. The summed E-state index contributed by atoms with van der Waals surface area (Å²) >= 11 is 7.59. The summed E-state index contributed by atoms with van der Waals surface area (Å²) in [6, 6.07) is 9.04. The molecule has 3 aromatic rings. The van der Waals surface area contributed by atoms with Crippen LogP contribution in [0.1, 0.15) is 50.5 Å². The van der Waals surface area contributed by atoms with Gasteiger partial charge >= 0.3 is 5.97 Å². The number of thiazole rings is 1. The standard InChI is InChI=1S/C28H32ClFN4O3S/c29-19-6-8-22-25(14-19)38-28(32-22)33-23(12-17-4-2-1-3-5-17)27(37)31-21(15-26(35)36)16-34-11-10-18-13-20(30)7-9-24(18)34/h6-9,13-14,17,21,23H,1-5,10-12,15-16H2,(H,31,37)(H,32,33)(H,35,36)/t21?,23-/m0/s1. The summed E-state index contributed by atoms with van der Waals surface area (Å²) in [5, 5.41) is 17.2. The molecule has 3 N–H and O–H groups in total. The van der Waals surface area contributed by atoms with Gasteiger partial charge in [0.1, 0.15) is 11.9 Å². The van der Waals surface area contributed by atoms with Crippen molar-refractivity contribution in [1.82, 2.24) is 10.3 Å². The summed E-state index contributed by atoms with van der Waals surface area (Å²) in [4.78, 5) is 32.1. The Morgan fingerprint density at radius 2 is 2.00 bits per heavy atom. The fraction of sp³-hybridized carbons (Fsp3) is 0.464. The Bertz CT molecular complexity index is 1310. The molecule has 2 aliphatic rings. The number of rotatable bonds is 10. The SMILES string of the molecule is O=C(O)CC(CN1CCc2cc(F)ccc21)NC(=O)[C@H](CC1CCCCC1)Nc1nc2ccc(Cl)cc2s1. The Labute approximate surface area is 230 Å². The molecule has 0 saturated heterocycles. The molecule has 202 valence electrons. The average Bonchev–Trinajstić information content (AvgIpc) is 3.46. The number of aromatic nitrogens is 1. The van der Waals surface area contributed by atoms with Crippen molar-refractivity contribution in [3.63, 3.8) is 0 Å². The first-order valence-electron chi connectivity index (χ1n) is 13.2. The van der Waals surface area contributed by atoms with Crippen LogP contribution in [0.4, 0.5) is 15.2 Å². The van der Waals surface area contributed by atoms with Crippen molar-refractivity contribution in [1.29, 1.82) is 0 Å². The highest BCUT2D eigenvalue weighted by Crippen LogP contribution is 2.32. The molecule has 1 aromatic heterocycles. The molecular weight excluding hydrogens is 527 g/mol. The van der Waals surface area contributed by atoms with E-state index in [4.69, 9.17) is 11.6 Å². The molecule has 0 radical (unpaired) electrons. The second-order valence-corrected chi connectivity index (χ2v) is 11.8. The Morgan fingerprint density at radius 1 is 1.18 bits per heavy atom. The van der Waals surface area contributed by atoms with E-state index in [9.17, 15) is 19.1 Å². The normalized spacial score (nSPS) is 17.3. The van der Waals surface area contributed by atoms with Crippen LogP contribution in [0.5, 0.6) is 0 Å². The lowest BCUT2D eigenvalue weighted by Crippen LogP contribution is -2.50. The van der Waals surface area contributed by atoms with Gasteiger partial charge in [0.2, 0.25) is 5.91 Å². The molecule has 0 bridgehead atoms. The molecule has 38 heavy (non-hydrogen) atoms. The van der Waals surface area contributed by atoms with Crippen molar-refractivity contribution in [3.05, 3.63) is 52.8 Å². The summed E-state index contributed by atoms with van der Waals surface area (Å²) < 4.78 is 14.6. The Balaban J connectivity index is 1.33. The highest BCUT2D eigenvalue weighted by Gasteiger charge is 2.30. The third-order valence-electron chi connectivity index (χ3n) is 7.50. The smallest absolute Gasteiger partial charge is 0.305 e. The highest BCUT2D eigenvalue weighted by molar-refractivity contribution is 7.22. The quantitative estimate of drug-likeness (QED) is 0.288. The maximum Gasteiger partial charge on any atom is 0.305 e. The van der Waals surface area contributed by atoms with E-state index in [0.29, 0.717) is 42.0 Å². The zero-order chi connectivity index (χ0) is 26.6. The van der Waals surface area contributed by atoms with Gasteiger partial charge in [-0.1, -0.05) is 55.0 Å². The van der Waals surface area contributed by atoms with Gasteiger partial charge in [0, 0.05) is 23.8 Å². The van der Waals surface area contributed by atoms with Crippen LogP contribution < -0.4 is 15.5 Å². The molecule has 1 fully saturated rings. The number of hydrogen-bond donors (Lipinski definition) is 3. The number of nitrogens with one attached hydrogen (secondary N) is 2. The number of fused-ring (bicyclic) bond motifs is 2. The van der Waals surface area contributed by atoms with E-state index in [1.54, 1.807) is 12.1 Å². The molecule has 1 aliphatic carbocycles. The number of carbonyl (C=O) groups is 2. The van der Waals surface area contributed by atoms with Crippen LogP contribution in [0.25, 0.3) is 10.2 Å². The minimum atomic E-state index is -0.978. The summed E-state index contributed by atoms with van der Waals surface area (Å²) in [5.41, 5.74) is 2.60. The molecule has 1 saturated carbocycles. The summed E-state index contributed by atoms with van der Waals surface area (Å²) in [6.45, 7) is 0.995.